The second-order valence-corrected chi connectivity index (χ2v) is 4.36. The zero-order valence-corrected chi connectivity index (χ0v) is 10.4. The first-order valence-electron chi connectivity index (χ1n) is 6.14. The average Bonchev–Trinajstić information content (AvgIpc) is 2.56. The number of carbonyl (C=O) groups excluding carboxylic acids is 1. The first-order chi connectivity index (χ1) is 7.20. The third-order valence-corrected chi connectivity index (χ3v) is 3.42. The van der Waals surface area contributed by atoms with Gasteiger partial charge < -0.3 is 5.32 Å². The van der Waals surface area contributed by atoms with E-state index < -0.39 is 0 Å². The van der Waals surface area contributed by atoms with Crippen molar-refractivity contribution >= 4 is 5.78 Å². The van der Waals surface area contributed by atoms with E-state index in [1.807, 2.05) is 13.8 Å². The summed E-state index contributed by atoms with van der Waals surface area (Å²) < 4.78 is 0. The van der Waals surface area contributed by atoms with Crippen molar-refractivity contribution in [3.8, 4) is 0 Å². The van der Waals surface area contributed by atoms with Gasteiger partial charge in [0.1, 0.15) is 5.78 Å². The molecule has 3 atom stereocenters. The number of rotatable bonds is 1. The molecule has 0 spiro atoms. The summed E-state index contributed by atoms with van der Waals surface area (Å²) in [5.74, 6) is 0.898. The highest BCUT2D eigenvalue weighted by Gasteiger charge is 2.42. The number of Topliss-reactive ketones (excluding diaryl/α,β-unsaturated/α-hetero) is 1. The lowest BCUT2D eigenvalue weighted by atomic mass is 9.87. The number of hydrogen-bond donors (Lipinski definition) is 1. The molecule has 15 heavy (non-hydrogen) atoms. The van der Waals surface area contributed by atoms with E-state index in [0.29, 0.717) is 17.7 Å². The van der Waals surface area contributed by atoms with Gasteiger partial charge in [-0.05, 0) is 39.3 Å². The molecular formula is C12H24N2O. The molecule has 3 heteroatoms. The Morgan fingerprint density at radius 2 is 2.07 bits per heavy atom. The van der Waals surface area contributed by atoms with Crippen molar-refractivity contribution in [2.45, 2.75) is 45.7 Å². The Labute approximate surface area is 93.2 Å². The first-order valence-corrected chi connectivity index (χ1v) is 6.14. The monoisotopic (exact) mass is 212 g/mol. The highest BCUT2D eigenvalue weighted by molar-refractivity contribution is 5.82. The van der Waals surface area contributed by atoms with Gasteiger partial charge in [0.25, 0.3) is 0 Å². The van der Waals surface area contributed by atoms with E-state index in [4.69, 9.17) is 0 Å². The van der Waals surface area contributed by atoms with Crippen molar-refractivity contribution in [3.05, 3.63) is 0 Å². The third kappa shape index (κ3) is 2.58. The number of likely N-dealkylation sites (tertiary alicyclic amines) is 1. The van der Waals surface area contributed by atoms with Crippen LogP contribution in [0, 0.1) is 5.92 Å². The van der Waals surface area contributed by atoms with Crippen LogP contribution in [-0.4, -0.2) is 42.9 Å². The van der Waals surface area contributed by atoms with Gasteiger partial charge in [-0.3, -0.25) is 9.69 Å². The molecule has 2 saturated heterocycles. The van der Waals surface area contributed by atoms with Crippen LogP contribution >= 0.6 is 0 Å². The first kappa shape index (κ1) is 12.7. The van der Waals surface area contributed by atoms with Crippen molar-refractivity contribution in [2.24, 2.45) is 5.92 Å². The highest BCUT2D eigenvalue weighted by Crippen LogP contribution is 2.30. The van der Waals surface area contributed by atoms with Gasteiger partial charge in [-0.1, -0.05) is 13.8 Å². The quantitative estimate of drug-likeness (QED) is 0.711. The number of likely N-dealkylation sites (N-methyl/N-ethyl adjacent to an activating group) is 1. The standard InChI is InChI=1S/C10H18N2O.C2H6/c1-7(13)10-8-4-3-5-11-9(8)6-12(10)2;1-2/h8-11H,3-6H2,1-2H3;1-2H3. The minimum Gasteiger partial charge on any atom is -0.312 e. The molecule has 2 heterocycles. The molecule has 0 bridgehead atoms. The van der Waals surface area contributed by atoms with Gasteiger partial charge in [-0.2, -0.15) is 0 Å². The zero-order chi connectivity index (χ0) is 11.4. The molecule has 0 radical (unpaired) electrons. The molecule has 1 N–H and O–H groups in total. The third-order valence-electron chi connectivity index (χ3n) is 3.42. The fourth-order valence-corrected chi connectivity index (χ4v) is 2.92. The normalized spacial score (nSPS) is 35.3. The van der Waals surface area contributed by atoms with Crippen LogP contribution in [0.15, 0.2) is 0 Å². The highest BCUT2D eigenvalue weighted by atomic mass is 16.1. The van der Waals surface area contributed by atoms with Gasteiger partial charge in [0.2, 0.25) is 0 Å². The fourth-order valence-electron chi connectivity index (χ4n) is 2.92. The fraction of sp³-hybridized carbons (Fsp3) is 0.917. The maximum absolute atomic E-state index is 11.4. The van der Waals surface area contributed by atoms with E-state index >= 15 is 0 Å². The number of piperidine rings is 1. The molecule has 2 rings (SSSR count). The molecule has 0 aliphatic carbocycles. The van der Waals surface area contributed by atoms with Crippen molar-refractivity contribution in [2.75, 3.05) is 20.1 Å². The van der Waals surface area contributed by atoms with Crippen LogP contribution in [0.3, 0.4) is 0 Å². The Hall–Kier alpha value is -0.410. The molecule has 2 aliphatic heterocycles. The van der Waals surface area contributed by atoms with E-state index in [2.05, 4.69) is 17.3 Å². The van der Waals surface area contributed by atoms with Crippen molar-refractivity contribution in [1.29, 1.82) is 0 Å². The Morgan fingerprint density at radius 1 is 1.40 bits per heavy atom. The maximum atomic E-state index is 11.4. The van der Waals surface area contributed by atoms with Gasteiger partial charge in [-0.15, -0.1) is 0 Å². The molecule has 3 unspecified atom stereocenters. The minimum atomic E-state index is 0.179. The number of carbonyl (C=O) groups is 1. The molecule has 2 aliphatic rings. The molecule has 3 nitrogen and oxygen atoms in total. The molecule has 0 saturated carbocycles. The van der Waals surface area contributed by atoms with Crippen LogP contribution < -0.4 is 5.32 Å². The van der Waals surface area contributed by atoms with Crippen LogP contribution in [0.4, 0.5) is 0 Å². The van der Waals surface area contributed by atoms with Crippen LogP contribution in [0.25, 0.3) is 0 Å². The summed E-state index contributed by atoms with van der Waals surface area (Å²) in [5, 5.41) is 3.50. The van der Waals surface area contributed by atoms with Crippen molar-refractivity contribution < 1.29 is 4.79 Å². The summed E-state index contributed by atoms with van der Waals surface area (Å²) in [6.07, 6.45) is 2.44. The van der Waals surface area contributed by atoms with E-state index in [9.17, 15) is 4.79 Å². The largest absolute Gasteiger partial charge is 0.312 e. The Bertz CT molecular complexity index is 218. The SMILES string of the molecule is CC.CC(=O)C1C2CCCNC2CN1C. The van der Waals surface area contributed by atoms with Crippen molar-refractivity contribution in [1.82, 2.24) is 10.2 Å². The van der Waals surface area contributed by atoms with Gasteiger partial charge >= 0.3 is 0 Å². The lowest BCUT2D eigenvalue weighted by Crippen LogP contribution is -2.43. The van der Waals surface area contributed by atoms with Crippen LogP contribution in [-0.2, 0) is 4.79 Å². The Balaban J connectivity index is 0.000000531. The van der Waals surface area contributed by atoms with E-state index in [1.54, 1.807) is 6.92 Å². The average molecular weight is 212 g/mol. The van der Waals surface area contributed by atoms with Crippen LogP contribution in [0.5, 0.6) is 0 Å². The lowest BCUT2D eigenvalue weighted by molar-refractivity contribution is -0.122. The second kappa shape index (κ2) is 5.61. The van der Waals surface area contributed by atoms with Gasteiger partial charge in [-0.25, -0.2) is 0 Å². The summed E-state index contributed by atoms with van der Waals surface area (Å²) in [4.78, 5) is 13.6. The summed E-state index contributed by atoms with van der Waals surface area (Å²) in [5.41, 5.74) is 0. The summed E-state index contributed by atoms with van der Waals surface area (Å²) in [6, 6.07) is 0.741. The number of fused-ring (bicyclic) bond motifs is 1. The van der Waals surface area contributed by atoms with E-state index in [0.717, 1.165) is 13.1 Å². The number of nitrogens with zero attached hydrogens (tertiary/aromatic N) is 1. The van der Waals surface area contributed by atoms with Gasteiger partial charge in [0.15, 0.2) is 0 Å². The van der Waals surface area contributed by atoms with Crippen LogP contribution in [0.2, 0.25) is 0 Å². The van der Waals surface area contributed by atoms with E-state index in [-0.39, 0.29) is 6.04 Å². The Kier molecular flexibility index (Phi) is 4.74. The van der Waals surface area contributed by atoms with Gasteiger partial charge in [0.05, 0.1) is 6.04 Å². The molecule has 88 valence electrons. The second-order valence-electron chi connectivity index (χ2n) is 4.36. The zero-order valence-electron chi connectivity index (χ0n) is 10.4. The van der Waals surface area contributed by atoms with Crippen molar-refractivity contribution in [3.63, 3.8) is 0 Å². The summed E-state index contributed by atoms with van der Waals surface area (Å²) >= 11 is 0. The predicted molar refractivity (Wildman–Crippen MR) is 63.0 cm³/mol. The smallest absolute Gasteiger partial charge is 0.147 e. The Morgan fingerprint density at radius 3 is 2.67 bits per heavy atom. The van der Waals surface area contributed by atoms with E-state index in [1.165, 1.54) is 12.8 Å². The minimum absolute atomic E-state index is 0.179. The van der Waals surface area contributed by atoms with Crippen LogP contribution in [0.1, 0.15) is 33.6 Å². The number of hydrogen-bond acceptors (Lipinski definition) is 3. The van der Waals surface area contributed by atoms with Gasteiger partial charge in [0, 0.05) is 12.6 Å². The number of ketones is 1. The topological polar surface area (TPSA) is 32.3 Å². The summed E-state index contributed by atoms with van der Waals surface area (Å²) in [7, 11) is 2.06. The molecular weight excluding hydrogens is 188 g/mol. The maximum Gasteiger partial charge on any atom is 0.147 e. The molecule has 0 aromatic rings. The predicted octanol–water partition coefficient (Wildman–Crippen LogP) is 1.28. The molecule has 0 aromatic heterocycles. The summed E-state index contributed by atoms with van der Waals surface area (Å²) in [6.45, 7) is 7.88. The molecule has 0 aromatic carbocycles. The molecule has 0 amide bonds. The number of nitrogens with one attached hydrogen (secondary N) is 1. The lowest BCUT2D eigenvalue weighted by Gasteiger charge is -2.28. The molecule has 2 fully saturated rings.